The molecule has 2 aromatic rings. The predicted octanol–water partition coefficient (Wildman–Crippen LogP) is 3.79. The zero-order valence-electron chi connectivity index (χ0n) is 14.1. The van der Waals surface area contributed by atoms with Gasteiger partial charge in [-0.2, -0.15) is 4.98 Å². The van der Waals surface area contributed by atoms with Crippen LogP contribution in [0.25, 0.3) is 0 Å². The van der Waals surface area contributed by atoms with E-state index in [1.807, 2.05) is 11.8 Å². The summed E-state index contributed by atoms with van der Waals surface area (Å²) in [6.45, 7) is 2.60. The van der Waals surface area contributed by atoms with Gasteiger partial charge in [0, 0.05) is 24.2 Å². The molecule has 0 unspecified atom stereocenters. The van der Waals surface area contributed by atoms with Crippen LogP contribution >= 0.6 is 0 Å². The van der Waals surface area contributed by atoms with Crippen molar-refractivity contribution in [3.63, 3.8) is 0 Å². The first kappa shape index (κ1) is 16.0. The van der Waals surface area contributed by atoms with Crippen LogP contribution < -0.4 is 4.74 Å². The highest BCUT2D eigenvalue weighted by molar-refractivity contribution is 5.81. The standard InChI is InChI=1S/C19H20FN3O2/c1-12-11-17(25-16-7-3-2-5-14(16)20)22-18(21-12)15-6-4-10-23(15)19(24)13-8-9-13/h2-3,5,7,11,13,15H,4,6,8-10H2,1H3/t15-/m0/s1. The van der Waals surface area contributed by atoms with Crippen LogP contribution in [0, 0.1) is 18.7 Å². The number of hydrogen-bond donors (Lipinski definition) is 0. The Bertz CT molecular complexity index is 807. The summed E-state index contributed by atoms with van der Waals surface area (Å²) in [6, 6.07) is 7.79. The van der Waals surface area contributed by atoms with Crippen molar-refractivity contribution in [3.8, 4) is 11.6 Å². The van der Waals surface area contributed by atoms with E-state index in [9.17, 15) is 9.18 Å². The van der Waals surface area contributed by atoms with Crippen molar-refractivity contribution in [2.75, 3.05) is 6.54 Å². The highest BCUT2D eigenvalue weighted by Crippen LogP contribution is 2.38. The van der Waals surface area contributed by atoms with E-state index in [1.54, 1.807) is 24.3 Å². The maximum atomic E-state index is 13.8. The molecule has 1 atom stereocenters. The smallest absolute Gasteiger partial charge is 0.226 e. The third-order valence-electron chi connectivity index (χ3n) is 4.66. The first-order valence-corrected chi connectivity index (χ1v) is 8.70. The third-order valence-corrected chi connectivity index (χ3v) is 4.66. The Hall–Kier alpha value is -2.50. The number of carbonyl (C=O) groups excluding carboxylic acids is 1. The van der Waals surface area contributed by atoms with E-state index in [-0.39, 0.29) is 23.6 Å². The van der Waals surface area contributed by atoms with Gasteiger partial charge in [-0.25, -0.2) is 9.37 Å². The Kier molecular flexibility index (Phi) is 4.11. The summed E-state index contributed by atoms with van der Waals surface area (Å²) in [5.41, 5.74) is 0.738. The molecule has 1 saturated heterocycles. The van der Waals surface area contributed by atoms with E-state index in [0.717, 1.165) is 37.9 Å². The van der Waals surface area contributed by atoms with Crippen molar-refractivity contribution < 1.29 is 13.9 Å². The minimum Gasteiger partial charge on any atom is -0.436 e. The van der Waals surface area contributed by atoms with Gasteiger partial charge in [0.25, 0.3) is 0 Å². The average molecular weight is 341 g/mol. The van der Waals surface area contributed by atoms with Crippen LogP contribution in [-0.4, -0.2) is 27.3 Å². The van der Waals surface area contributed by atoms with Crippen LogP contribution in [0.2, 0.25) is 0 Å². The molecule has 25 heavy (non-hydrogen) atoms. The third kappa shape index (κ3) is 3.34. The molecule has 130 valence electrons. The molecule has 1 amide bonds. The Morgan fingerprint density at radius 3 is 2.80 bits per heavy atom. The van der Waals surface area contributed by atoms with Crippen molar-refractivity contribution in [1.29, 1.82) is 0 Å². The Labute approximate surface area is 145 Å². The summed E-state index contributed by atoms with van der Waals surface area (Å²) in [7, 11) is 0. The summed E-state index contributed by atoms with van der Waals surface area (Å²) >= 11 is 0. The number of hydrogen-bond acceptors (Lipinski definition) is 4. The van der Waals surface area contributed by atoms with Crippen LogP contribution in [-0.2, 0) is 4.79 Å². The van der Waals surface area contributed by atoms with Gasteiger partial charge in [0.15, 0.2) is 17.4 Å². The molecule has 1 saturated carbocycles. The second-order valence-corrected chi connectivity index (χ2v) is 6.70. The van der Waals surface area contributed by atoms with E-state index >= 15 is 0 Å². The summed E-state index contributed by atoms with van der Waals surface area (Å²) < 4.78 is 19.4. The van der Waals surface area contributed by atoms with Gasteiger partial charge in [0.05, 0.1) is 6.04 Å². The molecule has 0 spiro atoms. The molecule has 5 nitrogen and oxygen atoms in total. The minimum absolute atomic E-state index is 0.115. The van der Waals surface area contributed by atoms with Crippen molar-refractivity contribution >= 4 is 5.91 Å². The van der Waals surface area contributed by atoms with Gasteiger partial charge >= 0.3 is 0 Å². The number of aromatic nitrogens is 2. The van der Waals surface area contributed by atoms with Crippen LogP contribution in [0.15, 0.2) is 30.3 Å². The van der Waals surface area contributed by atoms with Crippen molar-refractivity contribution in [1.82, 2.24) is 14.9 Å². The molecule has 6 heteroatoms. The summed E-state index contributed by atoms with van der Waals surface area (Å²) in [5, 5.41) is 0. The molecule has 2 fully saturated rings. The number of rotatable bonds is 4. The fourth-order valence-electron chi connectivity index (χ4n) is 3.27. The van der Waals surface area contributed by atoms with E-state index in [2.05, 4.69) is 9.97 Å². The van der Waals surface area contributed by atoms with Crippen molar-refractivity contribution in [3.05, 3.63) is 47.7 Å². The molecule has 0 N–H and O–H groups in total. The molecule has 2 aliphatic rings. The Balaban J connectivity index is 1.61. The SMILES string of the molecule is Cc1cc(Oc2ccccc2F)nc([C@@H]2CCCN2C(=O)C2CC2)n1. The lowest BCUT2D eigenvalue weighted by atomic mass is 10.2. The van der Waals surface area contributed by atoms with Crippen molar-refractivity contribution in [2.24, 2.45) is 5.92 Å². The molecule has 4 rings (SSSR count). The highest BCUT2D eigenvalue weighted by Gasteiger charge is 2.39. The Morgan fingerprint density at radius 1 is 1.24 bits per heavy atom. The molecule has 0 bridgehead atoms. The number of likely N-dealkylation sites (tertiary alicyclic amines) is 1. The fraction of sp³-hybridized carbons (Fsp3) is 0.421. The first-order valence-electron chi connectivity index (χ1n) is 8.70. The molecule has 1 aliphatic heterocycles. The maximum absolute atomic E-state index is 13.8. The zero-order chi connectivity index (χ0) is 17.4. The largest absolute Gasteiger partial charge is 0.436 e. The quantitative estimate of drug-likeness (QED) is 0.849. The average Bonchev–Trinajstić information content (AvgIpc) is 3.32. The second-order valence-electron chi connectivity index (χ2n) is 6.70. The minimum atomic E-state index is -0.438. The summed E-state index contributed by atoms with van der Waals surface area (Å²) in [5.74, 6) is 0.968. The first-order chi connectivity index (χ1) is 12.1. The van der Waals surface area contributed by atoms with Crippen LogP contribution in [0.3, 0.4) is 0 Å². The zero-order valence-corrected chi connectivity index (χ0v) is 14.1. The maximum Gasteiger partial charge on any atom is 0.226 e. The second kappa shape index (κ2) is 6.43. The van der Waals surface area contributed by atoms with Gasteiger partial charge in [0.2, 0.25) is 11.8 Å². The molecular formula is C19H20FN3O2. The molecule has 0 radical (unpaired) electrons. The van der Waals surface area contributed by atoms with Gasteiger partial charge in [-0.3, -0.25) is 4.79 Å². The number of amides is 1. The molecule has 1 aromatic carbocycles. The van der Waals surface area contributed by atoms with Crippen LogP contribution in [0.4, 0.5) is 4.39 Å². The normalized spacial score (nSPS) is 19.9. The van der Waals surface area contributed by atoms with Gasteiger partial charge in [0.1, 0.15) is 0 Å². The monoisotopic (exact) mass is 341 g/mol. The molecule has 1 aliphatic carbocycles. The topological polar surface area (TPSA) is 55.3 Å². The van der Waals surface area contributed by atoms with E-state index in [1.165, 1.54) is 6.07 Å². The predicted molar refractivity (Wildman–Crippen MR) is 89.7 cm³/mol. The number of halogens is 1. The van der Waals surface area contributed by atoms with Crippen LogP contribution in [0.1, 0.15) is 43.2 Å². The van der Waals surface area contributed by atoms with E-state index in [4.69, 9.17) is 4.74 Å². The number of nitrogens with zero attached hydrogens (tertiary/aromatic N) is 3. The number of aryl methyl sites for hydroxylation is 1. The van der Waals surface area contributed by atoms with Gasteiger partial charge in [-0.05, 0) is 44.7 Å². The summed E-state index contributed by atoms with van der Waals surface area (Å²) in [4.78, 5) is 23.4. The lowest BCUT2D eigenvalue weighted by Crippen LogP contribution is -2.32. The number of benzene rings is 1. The van der Waals surface area contributed by atoms with E-state index in [0.29, 0.717) is 11.7 Å². The fourth-order valence-corrected chi connectivity index (χ4v) is 3.27. The van der Waals surface area contributed by atoms with Crippen molar-refractivity contribution in [2.45, 2.75) is 38.6 Å². The highest BCUT2D eigenvalue weighted by atomic mass is 19.1. The molecule has 1 aromatic heterocycles. The lowest BCUT2D eigenvalue weighted by molar-refractivity contribution is -0.133. The van der Waals surface area contributed by atoms with Gasteiger partial charge in [-0.15, -0.1) is 0 Å². The van der Waals surface area contributed by atoms with Gasteiger partial charge in [-0.1, -0.05) is 12.1 Å². The number of carbonyl (C=O) groups is 1. The van der Waals surface area contributed by atoms with E-state index < -0.39 is 5.82 Å². The van der Waals surface area contributed by atoms with Gasteiger partial charge < -0.3 is 9.64 Å². The number of para-hydroxylation sites is 1. The van der Waals surface area contributed by atoms with Crippen LogP contribution in [0.5, 0.6) is 11.6 Å². The number of ether oxygens (including phenoxy) is 1. The molecular weight excluding hydrogens is 321 g/mol. The lowest BCUT2D eigenvalue weighted by Gasteiger charge is -2.24. The molecule has 2 heterocycles. The Morgan fingerprint density at radius 2 is 2.04 bits per heavy atom. The summed E-state index contributed by atoms with van der Waals surface area (Å²) in [6.07, 6.45) is 3.77.